The van der Waals surface area contributed by atoms with Crippen molar-refractivity contribution < 1.29 is 4.79 Å². The minimum Gasteiger partial charge on any atom is -0.378 e. The number of anilines is 4. The van der Waals surface area contributed by atoms with Gasteiger partial charge in [0, 0.05) is 31.2 Å². The van der Waals surface area contributed by atoms with E-state index in [1.165, 1.54) is 5.56 Å². The Morgan fingerprint density at radius 2 is 1.67 bits per heavy atom. The maximum absolute atomic E-state index is 12.3. The second-order valence-electron chi connectivity index (χ2n) is 6.64. The fourth-order valence-corrected chi connectivity index (χ4v) is 2.65. The summed E-state index contributed by atoms with van der Waals surface area (Å²) in [6.45, 7) is 4.09. The molecule has 1 aromatic heterocycles. The van der Waals surface area contributed by atoms with E-state index in [1.54, 1.807) is 12.1 Å². The van der Waals surface area contributed by atoms with Gasteiger partial charge in [0.25, 0.3) is 5.91 Å². The molecule has 0 fully saturated rings. The summed E-state index contributed by atoms with van der Waals surface area (Å²) in [5.41, 5.74) is 5.33. The number of benzene rings is 2. The zero-order valence-corrected chi connectivity index (χ0v) is 15.9. The smallest absolute Gasteiger partial charge is 0.276 e. The molecule has 2 aromatic carbocycles. The van der Waals surface area contributed by atoms with E-state index in [2.05, 4.69) is 33.8 Å². The van der Waals surface area contributed by atoms with Crippen molar-refractivity contribution in [1.29, 1.82) is 0 Å². The van der Waals surface area contributed by atoms with E-state index < -0.39 is 0 Å². The number of nitrogens with zero attached hydrogens (tertiary/aromatic N) is 3. The molecule has 138 valence electrons. The molecule has 6 heteroatoms. The Labute approximate surface area is 159 Å². The summed E-state index contributed by atoms with van der Waals surface area (Å²) < 4.78 is 0. The van der Waals surface area contributed by atoms with Crippen LogP contribution >= 0.6 is 0 Å². The predicted octanol–water partition coefficient (Wildman–Crippen LogP) is 4.16. The Hall–Kier alpha value is -3.41. The Balaban J connectivity index is 1.66. The monoisotopic (exact) mass is 361 g/mol. The van der Waals surface area contributed by atoms with Crippen LogP contribution in [0.25, 0.3) is 0 Å². The molecule has 6 nitrogen and oxygen atoms in total. The van der Waals surface area contributed by atoms with Crippen molar-refractivity contribution in [2.45, 2.75) is 13.8 Å². The van der Waals surface area contributed by atoms with Crippen molar-refractivity contribution in [3.8, 4) is 0 Å². The van der Waals surface area contributed by atoms with Gasteiger partial charge in [-0.25, -0.2) is 0 Å². The molecule has 0 saturated heterocycles. The van der Waals surface area contributed by atoms with E-state index in [-0.39, 0.29) is 11.6 Å². The molecule has 0 aliphatic heterocycles. The fourth-order valence-electron chi connectivity index (χ4n) is 2.65. The van der Waals surface area contributed by atoms with Crippen LogP contribution in [0.1, 0.15) is 21.6 Å². The maximum Gasteiger partial charge on any atom is 0.276 e. The van der Waals surface area contributed by atoms with Crippen molar-refractivity contribution in [2.75, 3.05) is 29.6 Å². The molecule has 0 bridgehead atoms. The molecule has 0 atom stereocenters. The van der Waals surface area contributed by atoms with Gasteiger partial charge in [-0.2, -0.15) is 0 Å². The lowest BCUT2D eigenvalue weighted by Gasteiger charge is -2.13. The molecule has 27 heavy (non-hydrogen) atoms. The molecule has 0 unspecified atom stereocenters. The van der Waals surface area contributed by atoms with Gasteiger partial charge in [-0.3, -0.25) is 4.79 Å². The normalized spacial score (nSPS) is 10.4. The zero-order valence-electron chi connectivity index (χ0n) is 15.9. The van der Waals surface area contributed by atoms with Gasteiger partial charge in [0.15, 0.2) is 11.5 Å². The van der Waals surface area contributed by atoms with Crippen molar-refractivity contribution in [3.63, 3.8) is 0 Å². The van der Waals surface area contributed by atoms with Gasteiger partial charge in [-0.1, -0.05) is 17.7 Å². The van der Waals surface area contributed by atoms with E-state index in [0.29, 0.717) is 11.5 Å². The van der Waals surface area contributed by atoms with Crippen LogP contribution in [0.15, 0.2) is 54.6 Å². The highest BCUT2D eigenvalue weighted by Crippen LogP contribution is 2.20. The van der Waals surface area contributed by atoms with Crippen LogP contribution in [0, 0.1) is 13.8 Å². The average Bonchev–Trinajstić information content (AvgIpc) is 2.65. The van der Waals surface area contributed by atoms with E-state index in [4.69, 9.17) is 0 Å². The topological polar surface area (TPSA) is 70.2 Å². The number of carbonyl (C=O) groups excluding carboxylic acids is 1. The SMILES string of the molecule is Cc1ccc(Nc2ccc(C(=O)Nc3ccc(N(C)C)cc3)nn2)c(C)c1. The fraction of sp³-hybridized carbons (Fsp3) is 0.190. The number of aromatic nitrogens is 2. The number of hydrogen-bond acceptors (Lipinski definition) is 5. The van der Waals surface area contributed by atoms with Crippen LogP contribution in [0.2, 0.25) is 0 Å². The first-order valence-electron chi connectivity index (χ1n) is 8.69. The molecule has 0 aliphatic carbocycles. The van der Waals surface area contributed by atoms with Gasteiger partial charge in [-0.05, 0) is 61.9 Å². The quantitative estimate of drug-likeness (QED) is 0.714. The average molecular weight is 361 g/mol. The Bertz CT molecular complexity index is 934. The summed E-state index contributed by atoms with van der Waals surface area (Å²) in [4.78, 5) is 14.3. The van der Waals surface area contributed by atoms with Gasteiger partial charge in [0.05, 0.1) is 0 Å². The first-order chi connectivity index (χ1) is 12.9. The molecule has 0 radical (unpaired) electrons. The van der Waals surface area contributed by atoms with Crippen LogP contribution in [-0.4, -0.2) is 30.2 Å². The lowest BCUT2D eigenvalue weighted by molar-refractivity contribution is 0.102. The Kier molecular flexibility index (Phi) is 5.35. The number of nitrogens with one attached hydrogen (secondary N) is 2. The molecular formula is C21H23N5O. The van der Waals surface area contributed by atoms with E-state index in [0.717, 1.165) is 16.9 Å². The molecule has 0 aliphatic rings. The molecule has 3 rings (SSSR count). The molecule has 2 N–H and O–H groups in total. The Morgan fingerprint density at radius 3 is 2.26 bits per heavy atom. The lowest BCUT2D eigenvalue weighted by atomic mass is 10.1. The van der Waals surface area contributed by atoms with Crippen molar-refractivity contribution in [2.24, 2.45) is 0 Å². The van der Waals surface area contributed by atoms with Crippen LogP contribution in [0.4, 0.5) is 22.9 Å². The van der Waals surface area contributed by atoms with Gasteiger partial charge in [0.2, 0.25) is 0 Å². The van der Waals surface area contributed by atoms with Gasteiger partial charge in [-0.15, -0.1) is 10.2 Å². The molecule has 3 aromatic rings. The molecular weight excluding hydrogens is 338 g/mol. The maximum atomic E-state index is 12.3. The largest absolute Gasteiger partial charge is 0.378 e. The highest BCUT2D eigenvalue weighted by atomic mass is 16.1. The molecule has 1 amide bonds. The third-order valence-corrected chi connectivity index (χ3v) is 4.18. The lowest BCUT2D eigenvalue weighted by Crippen LogP contribution is -2.15. The third-order valence-electron chi connectivity index (χ3n) is 4.18. The zero-order chi connectivity index (χ0) is 19.4. The second-order valence-corrected chi connectivity index (χ2v) is 6.64. The highest BCUT2D eigenvalue weighted by molar-refractivity contribution is 6.02. The minimum atomic E-state index is -0.293. The minimum absolute atomic E-state index is 0.262. The number of amides is 1. The second kappa shape index (κ2) is 7.86. The van der Waals surface area contributed by atoms with Gasteiger partial charge in [0.1, 0.15) is 0 Å². The van der Waals surface area contributed by atoms with Gasteiger partial charge >= 0.3 is 0 Å². The summed E-state index contributed by atoms with van der Waals surface area (Å²) in [5, 5.41) is 14.2. The first-order valence-corrected chi connectivity index (χ1v) is 8.69. The number of carbonyl (C=O) groups is 1. The van der Waals surface area contributed by atoms with E-state index in [1.807, 2.05) is 62.3 Å². The van der Waals surface area contributed by atoms with Crippen LogP contribution in [0.3, 0.4) is 0 Å². The predicted molar refractivity (Wildman–Crippen MR) is 110 cm³/mol. The van der Waals surface area contributed by atoms with Crippen LogP contribution in [-0.2, 0) is 0 Å². The number of hydrogen-bond donors (Lipinski definition) is 2. The standard InChI is InChI=1S/C21H23N5O/c1-14-5-10-18(15(2)13-14)23-20-12-11-19(24-25-20)21(27)22-16-6-8-17(9-7-16)26(3)4/h5-13H,1-4H3,(H,22,27)(H,23,25). The van der Waals surface area contributed by atoms with Crippen molar-refractivity contribution in [3.05, 3.63) is 71.4 Å². The van der Waals surface area contributed by atoms with Crippen LogP contribution in [0.5, 0.6) is 0 Å². The third kappa shape index (κ3) is 4.61. The van der Waals surface area contributed by atoms with Crippen molar-refractivity contribution >= 4 is 28.8 Å². The summed E-state index contributed by atoms with van der Waals surface area (Å²) >= 11 is 0. The Morgan fingerprint density at radius 1 is 0.926 bits per heavy atom. The van der Waals surface area contributed by atoms with E-state index >= 15 is 0 Å². The summed E-state index contributed by atoms with van der Waals surface area (Å²) in [6, 6.07) is 17.1. The van der Waals surface area contributed by atoms with Crippen LogP contribution < -0.4 is 15.5 Å². The summed E-state index contributed by atoms with van der Waals surface area (Å²) in [6.07, 6.45) is 0. The molecule has 0 spiro atoms. The van der Waals surface area contributed by atoms with E-state index in [9.17, 15) is 4.79 Å². The first kappa shape index (κ1) is 18.4. The number of rotatable bonds is 5. The highest BCUT2D eigenvalue weighted by Gasteiger charge is 2.09. The molecule has 1 heterocycles. The summed E-state index contributed by atoms with van der Waals surface area (Å²) in [5.74, 6) is 0.298. The molecule has 0 saturated carbocycles. The summed E-state index contributed by atoms with van der Waals surface area (Å²) in [7, 11) is 3.94. The number of aryl methyl sites for hydroxylation is 2. The van der Waals surface area contributed by atoms with Crippen molar-refractivity contribution in [1.82, 2.24) is 10.2 Å². The van der Waals surface area contributed by atoms with Gasteiger partial charge < -0.3 is 15.5 Å².